The number of rotatable bonds is 7. The fraction of sp³-hybridized carbons (Fsp3) is 0.211. The van der Waals surface area contributed by atoms with E-state index in [9.17, 15) is 13.2 Å². The second kappa shape index (κ2) is 8.52. The molecule has 0 bridgehead atoms. The first-order valence-corrected chi connectivity index (χ1v) is 9.39. The molecule has 2 rings (SSSR count). The van der Waals surface area contributed by atoms with Gasteiger partial charge in [0.1, 0.15) is 0 Å². The number of carbonyl (C=O) groups is 1. The van der Waals surface area contributed by atoms with Crippen molar-refractivity contribution in [2.45, 2.75) is 11.4 Å². The summed E-state index contributed by atoms with van der Waals surface area (Å²) < 4.78 is 26.4. The molecule has 2 aromatic rings. The van der Waals surface area contributed by atoms with Gasteiger partial charge in [0.25, 0.3) is 5.91 Å². The fourth-order valence-corrected chi connectivity index (χ4v) is 3.20. The van der Waals surface area contributed by atoms with Gasteiger partial charge < -0.3 is 10.2 Å². The van der Waals surface area contributed by atoms with Crippen molar-refractivity contribution < 1.29 is 13.2 Å². The molecule has 0 aliphatic carbocycles. The Morgan fingerprint density at radius 1 is 1.15 bits per heavy atom. The maximum Gasteiger partial charge on any atom is 0.251 e. The lowest BCUT2D eigenvalue weighted by Gasteiger charge is -2.13. The van der Waals surface area contributed by atoms with E-state index in [0.29, 0.717) is 6.54 Å². The maximum absolute atomic E-state index is 12.3. The zero-order valence-corrected chi connectivity index (χ0v) is 15.5. The van der Waals surface area contributed by atoms with E-state index in [-0.39, 0.29) is 22.9 Å². The molecule has 1 amide bonds. The summed E-state index contributed by atoms with van der Waals surface area (Å²) in [5, 5.41) is 2.79. The highest BCUT2D eigenvalue weighted by Gasteiger charge is 2.15. The van der Waals surface area contributed by atoms with Gasteiger partial charge in [0, 0.05) is 31.9 Å². The van der Waals surface area contributed by atoms with E-state index in [1.54, 1.807) is 6.07 Å². The Morgan fingerprint density at radius 2 is 1.85 bits per heavy atom. The molecule has 0 aliphatic rings. The second-order valence-corrected chi connectivity index (χ2v) is 7.57. The monoisotopic (exact) mass is 371 g/mol. The van der Waals surface area contributed by atoms with Crippen LogP contribution in [0.4, 0.5) is 5.69 Å². The van der Waals surface area contributed by atoms with Gasteiger partial charge in [-0.2, -0.15) is 4.72 Å². The normalized spacial score (nSPS) is 10.8. The minimum Gasteiger partial charge on any atom is -0.378 e. The Balaban J connectivity index is 2.06. The number of hydrogen-bond acceptors (Lipinski definition) is 4. The number of benzene rings is 2. The molecule has 0 spiro atoms. The number of terminal acetylenes is 1. The summed E-state index contributed by atoms with van der Waals surface area (Å²) in [5.41, 5.74) is 2.28. The Morgan fingerprint density at radius 3 is 2.46 bits per heavy atom. The summed E-state index contributed by atoms with van der Waals surface area (Å²) in [6.07, 6.45) is 5.07. The van der Waals surface area contributed by atoms with E-state index in [1.807, 2.05) is 43.3 Å². The minimum atomic E-state index is -3.74. The summed E-state index contributed by atoms with van der Waals surface area (Å²) in [6, 6.07) is 13.6. The molecule has 0 heterocycles. The van der Waals surface area contributed by atoms with E-state index in [0.717, 1.165) is 11.3 Å². The lowest BCUT2D eigenvalue weighted by molar-refractivity contribution is 0.0950. The molecular formula is C19H21N3O3S. The second-order valence-electron chi connectivity index (χ2n) is 5.80. The van der Waals surface area contributed by atoms with Crippen LogP contribution in [0, 0.1) is 12.3 Å². The number of hydrogen-bond donors (Lipinski definition) is 2. The van der Waals surface area contributed by atoms with Gasteiger partial charge in [-0.3, -0.25) is 4.79 Å². The fourth-order valence-electron chi connectivity index (χ4n) is 2.22. The highest BCUT2D eigenvalue weighted by molar-refractivity contribution is 7.89. The van der Waals surface area contributed by atoms with Crippen LogP contribution in [-0.4, -0.2) is 35.0 Å². The highest BCUT2D eigenvalue weighted by atomic mass is 32.2. The van der Waals surface area contributed by atoms with Crippen molar-refractivity contribution in [3.05, 3.63) is 59.7 Å². The predicted octanol–water partition coefficient (Wildman–Crippen LogP) is 1.59. The SMILES string of the molecule is C#CCNS(=O)(=O)c1cccc(C(=O)NCc2ccc(N(C)C)cc2)c1. The molecular weight excluding hydrogens is 350 g/mol. The molecule has 0 radical (unpaired) electrons. The Hall–Kier alpha value is -2.82. The van der Waals surface area contributed by atoms with Crippen LogP contribution in [0.25, 0.3) is 0 Å². The van der Waals surface area contributed by atoms with Crippen LogP contribution >= 0.6 is 0 Å². The average molecular weight is 371 g/mol. The molecule has 0 unspecified atom stereocenters. The Kier molecular flexibility index (Phi) is 6.39. The lowest BCUT2D eigenvalue weighted by atomic mass is 10.1. The zero-order chi connectivity index (χ0) is 19.2. The summed E-state index contributed by atoms with van der Waals surface area (Å²) in [5.74, 6) is 1.86. The third kappa shape index (κ3) is 5.09. The first-order chi connectivity index (χ1) is 12.3. The smallest absolute Gasteiger partial charge is 0.251 e. The van der Waals surface area contributed by atoms with Crippen LogP contribution < -0.4 is 14.9 Å². The highest BCUT2D eigenvalue weighted by Crippen LogP contribution is 2.13. The minimum absolute atomic E-state index is 0.00395. The largest absolute Gasteiger partial charge is 0.378 e. The van der Waals surface area contributed by atoms with Gasteiger partial charge in [0.15, 0.2) is 0 Å². The van der Waals surface area contributed by atoms with E-state index < -0.39 is 10.0 Å². The van der Waals surface area contributed by atoms with Gasteiger partial charge in [-0.15, -0.1) is 6.42 Å². The van der Waals surface area contributed by atoms with Crippen LogP contribution in [0.1, 0.15) is 15.9 Å². The van der Waals surface area contributed by atoms with Crippen molar-refractivity contribution in [3.8, 4) is 12.3 Å². The maximum atomic E-state index is 12.3. The number of nitrogens with one attached hydrogen (secondary N) is 2. The van der Waals surface area contributed by atoms with Gasteiger partial charge in [-0.25, -0.2) is 8.42 Å². The number of anilines is 1. The zero-order valence-electron chi connectivity index (χ0n) is 14.7. The van der Waals surface area contributed by atoms with Crippen LogP contribution in [0.5, 0.6) is 0 Å². The molecule has 26 heavy (non-hydrogen) atoms. The van der Waals surface area contributed by atoms with Crippen LogP contribution in [0.15, 0.2) is 53.4 Å². The van der Waals surface area contributed by atoms with Crippen LogP contribution in [0.2, 0.25) is 0 Å². The van der Waals surface area contributed by atoms with Gasteiger partial charge >= 0.3 is 0 Å². The van der Waals surface area contributed by atoms with Crippen molar-refractivity contribution in [2.24, 2.45) is 0 Å². The number of amides is 1. The van der Waals surface area contributed by atoms with Gasteiger partial charge in [0.2, 0.25) is 10.0 Å². The summed E-state index contributed by atoms with van der Waals surface area (Å²) >= 11 is 0. The molecule has 0 fully saturated rings. The van der Waals surface area contributed by atoms with Crippen molar-refractivity contribution >= 4 is 21.6 Å². The Bertz CT molecular complexity index is 914. The van der Waals surface area contributed by atoms with Crippen molar-refractivity contribution in [2.75, 3.05) is 25.5 Å². The van der Waals surface area contributed by atoms with Crippen LogP contribution in [0.3, 0.4) is 0 Å². The molecule has 2 N–H and O–H groups in total. The molecule has 0 saturated carbocycles. The van der Waals surface area contributed by atoms with Gasteiger partial charge in [-0.05, 0) is 35.9 Å². The van der Waals surface area contributed by atoms with E-state index in [2.05, 4.69) is 16.0 Å². The molecule has 0 aromatic heterocycles. The molecule has 7 heteroatoms. The summed E-state index contributed by atoms with van der Waals surface area (Å²) in [6.45, 7) is 0.237. The van der Waals surface area contributed by atoms with E-state index >= 15 is 0 Å². The first kappa shape index (κ1) is 19.5. The van der Waals surface area contributed by atoms with Gasteiger partial charge in [-0.1, -0.05) is 24.1 Å². The van der Waals surface area contributed by atoms with Crippen molar-refractivity contribution in [1.29, 1.82) is 0 Å². The summed E-state index contributed by atoms with van der Waals surface area (Å²) in [7, 11) is 0.174. The molecule has 6 nitrogen and oxygen atoms in total. The molecule has 0 atom stereocenters. The van der Waals surface area contributed by atoms with Gasteiger partial charge in [0.05, 0.1) is 11.4 Å². The molecule has 0 saturated heterocycles. The van der Waals surface area contributed by atoms with Crippen LogP contribution in [-0.2, 0) is 16.6 Å². The molecule has 136 valence electrons. The number of nitrogens with zero attached hydrogens (tertiary/aromatic N) is 1. The average Bonchev–Trinajstić information content (AvgIpc) is 2.65. The third-order valence-corrected chi connectivity index (χ3v) is 5.08. The number of carbonyl (C=O) groups excluding carboxylic acids is 1. The topological polar surface area (TPSA) is 78.5 Å². The first-order valence-electron chi connectivity index (χ1n) is 7.91. The molecule has 2 aromatic carbocycles. The standard InChI is InChI=1S/C19H21N3O3S/c1-4-12-21-26(24,25)18-7-5-6-16(13-18)19(23)20-14-15-8-10-17(11-9-15)22(2)3/h1,5-11,13,21H,12,14H2,2-3H3,(H,20,23). The predicted molar refractivity (Wildman–Crippen MR) is 102 cm³/mol. The van der Waals surface area contributed by atoms with Crippen molar-refractivity contribution in [3.63, 3.8) is 0 Å². The summed E-state index contributed by atoms with van der Waals surface area (Å²) in [4.78, 5) is 14.3. The number of sulfonamides is 1. The van der Waals surface area contributed by atoms with E-state index in [1.165, 1.54) is 18.2 Å². The Labute approximate surface area is 154 Å². The quantitative estimate of drug-likeness (QED) is 0.725. The molecule has 0 aliphatic heterocycles. The van der Waals surface area contributed by atoms with Crippen molar-refractivity contribution in [1.82, 2.24) is 10.0 Å². The van der Waals surface area contributed by atoms with E-state index in [4.69, 9.17) is 6.42 Å². The third-order valence-electron chi connectivity index (χ3n) is 3.68. The lowest BCUT2D eigenvalue weighted by Crippen LogP contribution is -2.25.